The summed E-state index contributed by atoms with van der Waals surface area (Å²) in [5.74, 6) is -2.39. The number of benzene rings is 1. The number of hydrogen-bond acceptors (Lipinski definition) is 12. The maximum Gasteiger partial charge on any atom is 0.405 e. The van der Waals surface area contributed by atoms with Crippen LogP contribution in [0.15, 0.2) is 24.3 Å². The smallest absolute Gasteiger partial charge is 0.405 e. The average Bonchev–Trinajstić information content (AvgIpc) is 3.09. The summed E-state index contributed by atoms with van der Waals surface area (Å²) in [6, 6.07) is 1.88. The molecule has 3 unspecified atom stereocenters. The van der Waals surface area contributed by atoms with E-state index in [-0.39, 0.29) is 51.3 Å². The number of nitrogens with one attached hydrogen (secondary N) is 5. The number of rotatable bonds is 30. The van der Waals surface area contributed by atoms with E-state index in [0.29, 0.717) is 65.0 Å². The lowest BCUT2D eigenvalue weighted by Crippen LogP contribution is -2.58. The summed E-state index contributed by atoms with van der Waals surface area (Å²) in [5, 5.41) is 31.4. The lowest BCUT2D eigenvalue weighted by molar-refractivity contribution is -0.133. The van der Waals surface area contributed by atoms with Gasteiger partial charge in [-0.2, -0.15) is 0 Å². The van der Waals surface area contributed by atoms with Gasteiger partial charge in [-0.3, -0.25) is 14.4 Å². The normalized spacial score (nSPS) is 12.8. The highest BCUT2D eigenvalue weighted by molar-refractivity contribution is 5.94. The Labute approximate surface area is 304 Å². The van der Waals surface area contributed by atoms with Gasteiger partial charge in [-0.25, -0.2) is 9.59 Å². The molecule has 0 spiro atoms. The first-order valence-electron chi connectivity index (χ1n) is 17.2. The van der Waals surface area contributed by atoms with Gasteiger partial charge in [0.2, 0.25) is 17.7 Å². The lowest BCUT2D eigenvalue weighted by atomic mass is 10.0. The van der Waals surface area contributed by atoms with E-state index in [1.165, 1.54) is 12.1 Å². The number of ether oxygens (including phenoxy) is 5. The second kappa shape index (κ2) is 28.3. The molecule has 0 saturated carbocycles. The number of carbonyl (C=O) groups is 5. The minimum atomic E-state index is -1.41. The summed E-state index contributed by atoms with van der Waals surface area (Å²) >= 11 is 0. The molecule has 11 N–H and O–H groups in total. The van der Waals surface area contributed by atoms with Gasteiger partial charge >= 0.3 is 12.1 Å². The monoisotopic (exact) mass is 743 g/mol. The van der Waals surface area contributed by atoms with Gasteiger partial charge in [-0.05, 0) is 36.5 Å². The summed E-state index contributed by atoms with van der Waals surface area (Å²) in [5.41, 5.74) is 11.1. The number of carboxylic acid groups (broad SMARTS) is 1. The minimum Gasteiger partial charge on any atom is -0.508 e. The highest BCUT2D eigenvalue weighted by Gasteiger charge is 2.31. The number of aromatic hydroxyl groups is 1. The quantitative estimate of drug-likeness (QED) is 0.0420. The molecule has 19 nitrogen and oxygen atoms in total. The van der Waals surface area contributed by atoms with Gasteiger partial charge in [-0.15, -0.1) is 0 Å². The van der Waals surface area contributed by atoms with Crippen molar-refractivity contribution in [2.75, 3.05) is 85.7 Å². The molecule has 1 aromatic carbocycles. The molecule has 19 heteroatoms. The van der Waals surface area contributed by atoms with Gasteiger partial charge < -0.3 is 71.9 Å². The molecule has 1 rings (SSSR count). The van der Waals surface area contributed by atoms with Crippen molar-refractivity contribution in [3.8, 4) is 5.75 Å². The Morgan fingerprint density at radius 2 is 1.19 bits per heavy atom. The number of amides is 6. The van der Waals surface area contributed by atoms with Crippen molar-refractivity contribution in [3.05, 3.63) is 29.8 Å². The van der Waals surface area contributed by atoms with Gasteiger partial charge in [0, 0.05) is 26.1 Å². The molecule has 3 atom stereocenters. The zero-order valence-electron chi connectivity index (χ0n) is 30.1. The molecule has 0 bridgehead atoms. The van der Waals surface area contributed by atoms with Crippen molar-refractivity contribution >= 4 is 29.8 Å². The number of nitrogens with two attached hydrogens (primary N) is 2. The van der Waals surface area contributed by atoms with E-state index in [9.17, 15) is 34.2 Å². The van der Waals surface area contributed by atoms with Crippen LogP contribution in [-0.2, 0) is 44.5 Å². The summed E-state index contributed by atoms with van der Waals surface area (Å²) in [6.07, 6.45) is -1.11. The topological polar surface area (TPSA) is 284 Å². The number of phenolic OH excluding ortho intramolecular Hbond substituents is 1. The second-order valence-corrected chi connectivity index (χ2v) is 11.7. The average molecular weight is 744 g/mol. The summed E-state index contributed by atoms with van der Waals surface area (Å²) in [4.78, 5) is 62.3. The van der Waals surface area contributed by atoms with Crippen LogP contribution >= 0.6 is 0 Å². The Morgan fingerprint density at radius 3 is 1.69 bits per heavy atom. The zero-order valence-corrected chi connectivity index (χ0v) is 30.1. The molecule has 0 fully saturated rings. The van der Waals surface area contributed by atoms with Crippen LogP contribution in [-0.4, -0.2) is 144 Å². The highest BCUT2D eigenvalue weighted by Crippen LogP contribution is 2.12. The number of carbonyl (C=O) groups excluding carboxylic acids is 4. The molecule has 0 aliphatic heterocycles. The Morgan fingerprint density at radius 1 is 0.673 bits per heavy atom. The maximum atomic E-state index is 13.6. The minimum absolute atomic E-state index is 0.0234. The number of urea groups is 1. The molecule has 0 aromatic heterocycles. The molecule has 0 aliphatic rings. The van der Waals surface area contributed by atoms with Crippen molar-refractivity contribution in [3.63, 3.8) is 0 Å². The maximum absolute atomic E-state index is 13.6. The van der Waals surface area contributed by atoms with Crippen LogP contribution in [0.4, 0.5) is 9.59 Å². The van der Waals surface area contributed by atoms with E-state index in [1.807, 2.05) is 0 Å². The third-order valence-corrected chi connectivity index (χ3v) is 7.13. The molecular formula is C33H57N7O12. The predicted octanol–water partition coefficient (Wildman–Crippen LogP) is -1.20. The fraction of sp³-hybridized carbons (Fsp3) is 0.667. The molecule has 1 aromatic rings. The van der Waals surface area contributed by atoms with Crippen molar-refractivity contribution in [1.29, 1.82) is 0 Å². The molecule has 52 heavy (non-hydrogen) atoms. The van der Waals surface area contributed by atoms with Crippen LogP contribution in [0.1, 0.15) is 32.3 Å². The van der Waals surface area contributed by atoms with Crippen molar-refractivity contribution in [2.24, 2.45) is 17.4 Å². The van der Waals surface area contributed by atoms with Crippen LogP contribution < -0.4 is 38.1 Å². The Hall–Kier alpha value is -4.27. The van der Waals surface area contributed by atoms with Gasteiger partial charge in [-0.1, -0.05) is 26.0 Å². The van der Waals surface area contributed by atoms with Gasteiger partial charge in [0.15, 0.2) is 0 Å². The van der Waals surface area contributed by atoms with Gasteiger partial charge in [0.1, 0.15) is 23.9 Å². The number of hydrogen-bond donors (Lipinski definition) is 9. The van der Waals surface area contributed by atoms with E-state index in [4.69, 9.17) is 35.2 Å². The second-order valence-electron chi connectivity index (χ2n) is 11.7. The molecule has 0 radical (unpaired) electrons. The van der Waals surface area contributed by atoms with Crippen molar-refractivity contribution in [2.45, 2.75) is 51.2 Å². The summed E-state index contributed by atoms with van der Waals surface area (Å²) in [6.45, 7) is 7.82. The largest absolute Gasteiger partial charge is 0.508 e. The third-order valence-electron chi connectivity index (χ3n) is 7.13. The first-order valence-corrected chi connectivity index (χ1v) is 17.2. The Kier molecular flexibility index (Phi) is 24.9. The van der Waals surface area contributed by atoms with Crippen LogP contribution in [0.2, 0.25) is 0 Å². The predicted molar refractivity (Wildman–Crippen MR) is 188 cm³/mol. The van der Waals surface area contributed by atoms with E-state index in [1.54, 1.807) is 26.0 Å². The molecule has 0 heterocycles. The van der Waals surface area contributed by atoms with E-state index in [0.717, 1.165) is 0 Å². The first-order chi connectivity index (χ1) is 24.9. The van der Waals surface area contributed by atoms with E-state index < -0.39 is 53.9 Å². The SMILES string of the molecule is CC(C)C(NC(=O)O)C(=O)NC(CCCNC(N)=O)C(=O)NC(Cc1ccc(O)cc1)C(=O)NCCOCCOCCOCCOCCOCCN. The zero-order chi connectivity index (χ0) is 38.6. The van der Waals surface area contributed by atoms with Crippen LogP contribution in [0.3, 0.4) is 0 Å². The Bertz CT molecular complexity index is 1180. The third kappa shape index (κ3) is 22.5. The number of primary amides is 1. The van der Waals surface area contributed by atoms with Crippen molar-refractivity contribution < 1.29 is 57.9 Å². The van der Waals surface area contributed by atoms with Crippen LogP contribution in [0, 0.1) is 5.92 Å². The van der Waals surface area contributed by atoms with E-state index >= 15 is 0 Å². The van der Waals surface area contributed by atoms with Gasteiger partial charge in [0.05, 0.1) is 66.1 Å². The standard InChI is InChI=1S/C33H57N7O12/c1-23(2)28(40-33(46)47)31(44)38-26(4-3-10-37-32(35)45)30(43)39-27(22-24-5-7-25(41)8-6-24)29(42)36-11-13-49-15-17-51-19-21-52-20-18-50-16-14-48-12-9-34/h5-8,23,26-28,40-41H,3-4,9-22,34H2,1-2H3,(H,36,42)(H,38,44)(H,39,43)(H,46,47)(H3,35,37,45). The Balaban J connectivity index is 2.67. The highest BCUT2D eigenvalue weighted by atomic mass is 16.6. The van der Waals surface area contributed by atoms with Crippen LogP contribution in [0.25, 0.3) is 0 Å². The van der Waals surface area contributed by atoms with E-state index in [2.05, 4.69) is 26.6 Å². The van der Waals surface area contributed by atoms with Crippen LogP contribution in [0.5, 0.6) is 5.75 Å². The van der Waals surface area contributed by atoms with Gasteiger partial charge in [0.25, 0.3) is 0 Å². The fourth-order valence-corrected chi connectivity index (χ4v) is 4.50. The molecule has 0 saturated heterocycles. The summed E-state index contributed by atoms with van der Waals surface area (Å²) < 4.78 is 27.0. The number of phenols is 1. The fourth-order valence-electron chi connectivity index (χ4n) is 4.50. The first kappa shape index (κ1) is 45.8. The molecular weight excluding hydrogens is 686 g/mol. The lowest BCUT2D eigenvalue weighted by Gasteiger charge is -2.26. The van der Waals surface area contributed by atoms with Crippen molar-refractivity contribution in [1.82, 2.24) is 26.6 Å². The summed E-state index contributed by atoms with van der Waals surface area (Å²) in [7, 11) is 0. The molecule has 0 aliphatic carbocycles. The molecule has 6 amide bonds. The molecule has 296 valence electrons.